The number of hydrogen-bond donors (Lipinski definition) is 0. The van der Waals surface area contributed by atoms with Gasteiger partial charge in [-0.1, -0.05) is 32.5 Å². The maximum absolute atomic E-state index is 4.52. The monoisotopic (exact) mass is 114 g/mol. The van der Waals surface area contributed by atoms with Crippen LogP contribution in [0.3, 0.4) is 0 Å². The molecule has 0 spiro atoms. The number of thiocarbonyl (C=S) groups is 1. The summed E-state index contributed by atoms with van der Waals surface area (Å²) in [5.74, 6) is 0.623. The third-order valence-corrected chi connectivity index (χ3v) is 1.09. The fraction of sp³-hybridized carbons (Fsp3) is 0.667. The maximum atomic E-state index is 4.52. The Kier molecular flexibility index (Phi) is 4.31. The van der Waals surface area contributed by atoms with Crippen molar-refractivity contribution in [1.29, 1.82) is 0 Å². The zero-order chi connectivity index (χ0) is 5.70. The second-order valence-corrected chi connectivity index (χ2v) is 2.03. The van der Waals surface area contributed by atoms with Gasteiger partial charge in [0.05, 0.1) is 0 Å². The highest BCUT2D eigenvalue weighted by Crippen LogP contribution is 2.02. The molecule has 2 radical (unpaired) electrons. The van der Waals surface area contributed by atoms with Crippen LogP contribution in [0.25, 0.3) is 0 Å². The van der Waals surface area contributed by atoms with E-state index in [4.69, 9.17) is 0 Å². The highest BCUT2D eigenvalue weighted by molar-refractivity contribution is 7.78. The van der Waals surface area contributed by atoms with Crippen molar-refractivity contribution in [3.05, 3.63) is 6.92 Å². The number of rotatable bonds is 3. The Morgan fingerprint density at radius 3 is 2.57 bits per heavy atom. The Hall–Kier alpha value is 0.0900. The summed E-state index contributed by atoms with van der Waals surface area (Å²) in [5, 5.41) is 2.66. The van der Waals surface area contributed by atoms with Crippen LogP contribution in [-0.2, 0) is 0 Å². The fourth-order valence-corrected chi connectivity index (χ4v) is 0.529. The molecule has 7 heavy (non-hydrogen) atoms. The van der Waals surface area contributed by atoms with Crippen molar-refractivity contribution in [3.8, 4) is 0 Å². The van der Waals surface area contributed by atoms with Crippen LogP contribution < -0.4 is 0 Å². The average molecular weight is 114 g/mol. The van der Waals surface area contributed by atoms with E-state index in [-0.39, 0.29) is 0 Å². The molecule has 1 atom stereocenters. The molecule has 0 aromatic carbocycles. The molecule has 0 saturated carbocycles. The molecule has 0 aliphatic carbocycles. The number of hydrogen-bond acceptors (Lipinski definition) is 1. The molecule has 0 aliphatic heterocycles. The smallest absolute Gasteiger partial charge is 0.0294 e. The van der Waals surface area contributed by atoms with Crippen LogP contribution in [0.5, 0.6) is 0 Å². The van der Waals surface area contributed by atoms with Crippen molar-refractivity contribution in [2.45, 2.75) is 19.8 Å². The van der Waals surface area contributed by atoms with Crippen LogP contribution >= 0.6 is 12.2 Å². The third kappa shape index (κ3) is 3.93. The van der Waals surface area contributed by atoms with E-state index in [0.29, 0.717) is 5.92 Å². The van der Waals surface area contributed by atoms with Gasteiger partial charge < -0.3 is 0 Å². The van der Waals surface area contributed by atoms with Crippen molar-refractivity contribution < 1.29 is 0 Å². The van der Waals surface area contributed by atoms with E-state index in [1.807, 2.05) is 0 Å². The predicted octanol–water partition coefficient (Wildman–Crippen LogP) is 2.11. The first-order chi connectivity index (χ1) is 3.31. The zero-order valence-electron chi connectivity index (χ0n) is 4.61. The van der Waals surface area contributed by atoms with Gasteiger partial charge in [0.15, 0.2) is 0 Å². The van der Waals surface area contributed by atoms with Crippen molar-refractivity contribution in [2.24, 2.45) is 5.92 Å². The van der Waals surface area contributed by atoms with Gasteiger partial charge in [-0.25, -0.2) is 0 Å². The molecule has 1 unspecified atom stereocenters. The van der Waals surface area contributed by atoms with Gasteiger partial charge in [-0.05, 0) is 12.3 Å². The van der Waals surface area contributed by atoms with Crippen molar-refractivity contribution in [2.75, 3.05) is 0 Å². The minimum Gasteiger partial charge on any atom is -0.0837 e. The van der Waals surface area contributed by atoms with Gasteiger partial charge in [0.25, 0.3) is 0 Å². The van der Waals surface area contributed by atoms with Gasteiger partial charge >= 0.3 is 0 Å². The van der Waals surface area contributed by atoms with E-state index in [0.717, 1.165) is 12.8 Å². The van der Waals surface area contributed by atoms with E-state index in [1.165, 1.54) is 0 Å². The molecule has 0 nitrogen and oxygen atoms in total. The van der Waals surface area contributed by atoms with Crippen LogP contribution in [0, 0.1) is 12.8 Å². The summed E-state index contributed by atoms with van der Waals surface area (Å²) >= 11 is 4.52. The Morgan fingerprint density at radius 1 is 1.86 bits per heavy atom. The summed E-state index contributed by atoms with van der Waals surface area (Å²) in [6, 6.07) is 0. The first-order valence-electron chi connectivity index (χ1n) is 2.45. The second-order valence-electron chi connectivity index (χ2n) is 1.74. The van der Waals surface area contributed by atoms with Gasteiger partial charge in [-0.15, -0.1) is 0 Å². The van der Waals surface area contributed by atoms with E-state index >= 15 is 0 Å². The Labute approximate surface area is 50.9 Å². The third-order valence-electron chi connectivity index (χ3n) is 0.925. The van der Waals surface area contributed by atoms with Crippen LogP contribution in [-0.4, -0.2) is 5.37 Å². The lowest BCUT2D eigenvalue weighted by Gasteiger charge is -1.98. The van der Waals surface area contributed by atoms with E-state index in [1.54, 1.807) is 0 Å². The second kappa shape index (κ2) is 4.25. The minimum absolute atomic E-state index is 0.623. The van der Waals surface area contributed by atoms with Crippen molar-refractivity contribution >= 4 is 17.6 Å². The van der Waals surface area contributed by atoms with Crippen LogP contribution in [0.1, 0.15) is 19.8 Å². The molecule has 0 saturated heterocycles. The summed E-state index contributed by atoms with van der Waals surface area (Å²) in [7, 11) is 0. The summed E-state index contributed by atoms with van der Waals surface area (Å²) in [6.45, 7) is 5.84. The largest absolute Gasteiger partial charge is 0.0837 e. The fourth-order valence-electron chi connectivity index (χ4n) is 0.244. The lowest BCUT2D eigenvalue weighted by Crippen LogP contribution is -1.89. The quantitative estimate of drug-likeness (QED) is 0.506. The first-order valence-corrected chi connectivity index (χ1v) is 2.86. The Morgan fingerprint density at radius 2 is 2.43 bits per heavy atom. The van der Waals surface area contributed by atoms with Gasteiger partial charge in [-0.3, -0.25) is 0 Å². The molecule has 0 N–H and O–H groups in total. The lowest BCUT2D eigenvalue weighted by atomic mass is 10.1. The minimum atomic E-state index is 0.623. The van der Waals surface area contributed by atoms with E-state index in [9.17, 15) is 0 Å². The molecule has 0 amide bonds. The topological polar surface area (TPSA) is 0 Å². The van der Waals surface area contributed by atoms with Crippen LogP contribution in [0.4, 0.5) is 0 Å². The lowest BCUT2D eigenvalue weighted by molar-refractivity contribution is 0.626. The molecule has 0 heterocycles. The normalized spacial score (nSPS) is 13.4. The maximum Gasteiger partial charge on any atom is 0.0294 e. The van der Waals surface area contributed by atoms with Crippen molar-refractivity contribution in [1.82, 2.24) is 0 Å². The molecule has 40 valence electrons. The van der Waals surface area contributed by atoms with Crippen LogP contribution in [0.15, 0.2) is 0 Å². The highest BCUT2D eigenvalue weighted by Gasteiger charge is 1.92. The van der Waals surface area contributed by atoms with E-state index < -0.39 is 0 Å². The highest BCUT2D eigenvalue weighted by atomic mass is 32.1. The predicted molar refractivity (Wildman–Crippen MR) is 36.4 cm³/mol. The molecular weight excluding hydrogens is 104 g/mol. The summed E-state index contributed by atoms with van der Waals surface area (Å²) in [6.07, 6.45) is 1.86. The standard InChI is InChI=1S/C6H10S/c1-3-6(2)4-5-7/h6H,1,3-4H2,2H3. The summed E-state index contributed by atoms with van der Waals surface area (Å²) in [4.78, 5) is 0. The zero-order valence-corrected chi connectivity index (χ0v) is 5.42. The molecule has 1 heteroatoms. The average Bonchev–Trinajstić information content (AvgIpc) is 1.68. The SMILES string of the molecule is [CH2]CC(C)C[C]=S. The van der Waals surface area contributed by atoms with Crippen molar-refractivity contribution in [3.63, 3.8) is 0 Å². The molecule has 0 fully saturated rings. The Balaban J connectivity index is 2.98. The summed E-state index contributed by atoms with van der Waals surface area (Å²) in [5.41, 5.74) is 0. The Bertz CT molecular complexity index is 50.1. The van der Waals surface area contributed by atoms with Crippen LogP contribution in [0.2, 0.25) is 0 Å². The first kappa shape index (κ1) is 7.09. The van der Waals surface area contributed by atoms with Gasteiger partial charge in [0.2, 0.25) is 0 Å². The molecule has 0 aromatic heterocycles. The molecule has 0 rings (SSSR count). The van der Waals surface area contributed by atoms with E-state index in [2.05, 4.69) is 31.4 Å². The summed E-state index contributed by atoms with van der Waals surface area (Å²) < 4.78 is 0. The molecule has 0 aliphatic rings. The molecule has 0 bridgehead atoms. The van der Waals surface area contributed by atoms with Gasteiger partial charge in [0, 0.05) is 5.37 Å². The molecule has 0 aromatic rings. The molecular formula is C6H10S. The van der Waals surface area contributed by atoms with Gasteiger partial charge in [0.1, 0.15) is 0 Å². The van der Waals surface area contributed by atoms with Gasteiger partial charge in [-0.2, -0.15) is 0 Å².